The van der Waals surface area contributed by atoms with Crippen molar-refractivity contribution in [1.82, 2.24) is 5.06 Å². The Labute approximate surface area is 56.8 Å². The van der Waals surface area contributed by atoms with Gasteiger partial charge in [-0.25, -0.2) is 0 Å². The van der Waals surface area contributed by atoms with Crippen LogP contribution in [0.2, 0.25) is 0 Å². The van der Waals surface area contributed by atoms with Gasteiger partial charge >= 0.3 is 0 Å². The molecule has 1 aliphatic rings. The lowest BCUT2D eigenvalue weighted by molar-refractivity contribution is 0.165. The van der Waals surface area contributed by atoms with E-state index >= 15 is 0 Å². The molecule has 1 aliphatic heterocycles. The summed E-state index contributed by atoms with van der Waals surface area (Å²) in [5, 5.41) is 1.87. The summed E-state index contributed by atoms with van der Waals surface area (Å²) in [6.45, 7) is 9.49. The van der Waals surface area contributed by atoms with Crippen molar-refractivity contribution in [2.75, 3.05) is 6.54 Å². The highest BCUT2D eigenvalue weighted by Gasteiger charge is 2.23. The lowest BCUT2D eigenvalue weighted by atomic mass is 9.98. The third-order valence-corrected chi connectivity index (χ3v) is 1.86. The van der Waals surface area contributed by atoms with E-state index in [0.29, 0.717) is 0 Å². The van der Waals surface area contributed by atoms with E-state index in [4.69, 9.17) is 4.84 Å². The van der Waals surface area contributed by atoms with Crippen molar-refractivity contribution in [3.63, 3.8) is 0 Å². The third-order valence-electron chi connectivity index (χ3n) is 1.86. The minimum absolute atomic E-state index is 0.726. The first-order valence-electron chi connectivity index (χ1n) is 3.47. The highest BCUT2D eigenvalue weighted by Crippen LogP contribution is 2.19. The number of rotatable bonds is 3. The van der Waals surface area contributed by atoms with Crippen LogP contribution < -0.4 is 0 Å². The van der Waals surface area contributed by atoms with Crippen molar-refractivity contribution >= 4 is 0 Å². The Hall–Kier alpha value is -0.0800. The number of hydrogen-bond acceptors (Lipinski definition) is 2. The van der Waals surface area contributed by atoms with Crippen LogP contribution >= 0.6 is 0 Å². The van der Waals surface area contributed by atoms with E-state index in [0.717, 1.165) is 18.4 Å². The van der Waals surface area contributed by atoms with E-state index in [1.54, 1.807) is 6.73 Å². The Morgan fingerprint density at radius 1 is 1.44 bits per heavy atom. The van der Waals surface area contributed by atoms with Crippen molar-refractivity contribution in [2.24, 2.45) is 11.8 Å². The minimum Gasteiger partial charge on any atom is -0.271 e. The first-order valence-corrected chi connectivity index (χ1v) is 3.47. The maximum atomic E-state index is 4.84. The highest BCUT2D eigenvalue weighted by atomic mass is 16.8. The molecule has 0 saturated carbocycles. The van der Waals surface area contributed by atoms with Crippen molar-refractivity contribution in [1.29, 1.82) is 0 Å². The fraction of sp³-hybridized carbons (Fsp3) is 0.857. The summed E-state index contributed by atoms with van der Waals surface area (Å²) in [5.41, 5.74) is 0. The molecule has 0 bridgehead atoms. The van der Waals surface area contributed by atoms with Gasteiger partial charge in [0.05, 0.1) is 0 Å². The summed E-state index contributed by atoms with van der Waals surface area (Å²) < 4.78 is 0. The minimum atomic E-state index is 0.726. The van der Waals surface area contributed by atoms with Crippen LogP contribution in [0.25, 0.3) is 0 Å². The molecule has 1 rings (SSSR count). The molecule has 0 spiro atoms. The second-order valence-electron chi connectivity index (χ2n) is 3.03. The van der Waals surface area contributed by atoms with Crippen molar-refractivity contribution in [2.45, 2.75) is 20.8 Å². The van der Waals surface area contributed by atoms with E-state index in [-0.39, 0.29) is 0 Å². The normalized spacial score (nSPS) is 28.7. The molecule has 53 valence electrons. The largest absolute Gasteiger partial charge is 0.271 e. The van der Waals surface area contributed by atoms with Gasteiger partial charge in [-0.15, -0.1) is 0 Å². The first-order chi connectivity index (χ1) is 4.20. The van der Waals surface area contributed by atoms with E-state index in [9.17, 15) is 0 Å². The molecule has 9 heavy (non-hydrogen) atoms. The van der Waals surface area contributed by atoms with Gasteiger partial charge in [0, 0.05) is 6.54 Å². The van der Waals surface area contributed by atoms with Crippen LogP contribution in [-0.2, 0) is 4.84 Å². The van der Waals surface area contributed by atoms with Crippen LogP contribution in [0.4, 0.5) is 0 Å². The van der Waals surface area contributed by atoms with E-state index in [1.807, 2.05) is 5.06 Å². The molecule has 1 saturated heterocycles. The second kappa shape index (κ2) is 2.67. The molecule has 0 amide bonds. The van der Waals surface area contributed by atoms with Gasteiger partial charge in [0.25, 0.3) is 0 Å². The Morgan fingerprint density at radius 3 is 2.33 bits per heavy atom. The lowest BCUT2D eigenvalue weighted by Crippen LogP contribution is -2.14. The van der Waals surface area contributed by atoms with Crippen LogP contribution in [0.1, 0.15) is 20.8 Å². The molecule has 2 heteroatoms. The first kappa shape index (κ1) is 7.03. The fourth-order valence-corrected chi connectivity index (χ4v) is 0.614. The van der Waals surface area contributed by atoms with Crippen molar-refractivity contribution < 1.29 is 4.84 Å². The van der Waals surface area contributed by atoms with Gasteiger partial charge in [-0.1, -0.05) is 20.8 Å². The maximum Gasteiger partial charge on any atom is 0.197 e. The average Bonchev–Trinajstić information content (AvgIpc) is 2.50. The topological polar surface area (TPSA) is 15.5 Å². The molecular weight excluding hydrogens is 114 g/mol. The summed E-state index contributed by atoms with van der Waals surface area (Å²) in [7, 11) is 0. The van der Waals surface area contributed by atoms with Crippen LogP contribution in [0.3, 0.4) is 0 Å². The Bertz CT molecular complexity index is 88.9. The van der Waals surface area contributed by atoms with Crippen LogP contribution in [0, 0.1) is 18.6 Å². The van der Waals surface area contributed by atoms with Crippen LogP contribution in [-0.4, -0.2) is 11.6 Å². The summed E-state index contributed by atoms with van der Waals surface area (Å²) in [5.74, 6) is 1.48. The van der Waals surface area contributed by atoms with Gasteiger partial charge in [0.1, 0.15) is 0 Å². The molecule has 0 aromatic carbocycles. The average molecular weight is 128 g/mol. The number of hydroxylamine groups is 2. The van der Waals surface area contributed by atoms with Crippen molar-refractivity contribution in [3.05, 3.63) is 6.73 Å². The van der Waals surface area contributed by atoms with Gasteiger partial charge in [-0.05, 0) is 11.8 Å². The summed E-state index contributed by atoms with van der Waals surface area (Å²) >= 11 is 0. The SMILES string of the molecule is CC(C)C(C)CN1[CH]O1. The summed E-state index contributed by atoms with van der Waals surface area (Å²) in [4.78, 5) is 4.84. The Balaban J connectivity index is 2.09. The van der Waals surface area contributed by atoms with Gasteiger partial charge in [0.15, 0.2) is 6.73 Å². The van der Waals surface area contributed by atoms with Gasteiger partial charge in [-0.3, -0.25) is 4.84 Å². The molecule has 1 radical (unpaired) electrons. The monoisotopic (exact) mass is 128 g/mol. The van der Waals surface area contributed by atoms with Gasteiger partial charge < -0.3 is 0 Å². The zero-order valence-corrected chi connectivity index (χ0v) is 6.29. The molecular formula is C7H14NO. The molecule has 0 aromatic rings. The van der Waals surface area contributed by atoms with E-state index < -0.39 is 0 Å². The number of nitrogens with zero attached hydrogens (tertiary/aromatic N) is 1. The van der Waals surface area contributed by atoms with E-state index in [2.05, 4.69) is 20.8 Å². The predicted molar refractivity (Wildman–Crippen MR) is 36.1 cm³/mol. The summed E-state index contributed by atoms with van der Waals surface area (Å²) in [6.07, 6.45) is 0. The molecule has 0 aliphatic carbocycles. The summed E-state index contributed by atoms with van der Waals surface area (Å²) in [6, 6.07) is 0. The molecule has 1 fully saturated rings. The Morgan fingerprint density at radius 2 is 2.00 bits per heavy atom. The maximum absolute atomic E-state index is 4.84. The van der Waals surface area contributed by atoms with Gasteiger partial charge in [-0.2, -0.15) is 5.06 Å². The molecule has 2 unspecified atom stereocenters. The smallest absolute Gasteiger partial charge is 0.197 e. The lowest BCUT2D eigenvalue weighted by Gasteiger charge is -2.12. The van der Waals surface area contributed by atoms with Crippen LogP contribution in [0.15, 0.2) is 0 Å². The quantitative estimate of drug-likeness (QED) is 0.537. The fourth-order valence-electron chi connectivity index (χ4n) is 0.614. The molecule has 1 heterocycles. The molecule has 0 N–H and O–H groups in total. The molecule has 2 atom stereocenters. The highest BCUT2D eigenvalue weighted by molar-refractivity contribution is 4.67. The van der Waals surface area contributed by atoms with E-state index in [1.165, 1.54) is 0 Å². The molecule has 2 nitrogen and oxygen atoms in total. The van der Waals surface area contributed by atoms with Crippen LogP contribution in [0.5, 0.6) is 0 Å². The Kier molecular flexibility index (Phi) is 2.09. The van der Waals surface area contributed by atoms with Crippen molar-refractivity contribution in [3.8, 4) is 0 Å². The number of hydrogen-bond donors (Lipinski definition) is 0. The zero-order valence-electron chi connectivity index (χ0n) is 6.29. The second-order valence-corrected chi connectivity index (χ2v) is 3.03. The predicted octanol–water partition coefficient (Wildman–Crippen LogP) is 1.64. The van der Waals surface area contributed by atoms with Gasteiger partial charge in [0.2, 0.25) is 0 Å². The third kappa shape index (κ3) is 2.33. The zero-order chi connectivity index (χ0) is 6.85. The molecule has 0 aromatic heterocycles. The standard InChI is InChI=1S/C7H14NO/c1-6(2)7(3)4-8-5-9-8/h5-7H,4H2,1-3H3.